The first-order valence-corrected chi connectivity index (χ1v) is 6.77. The van der Waals surface area contributed by atoms with Crippen LogP contribution in [0.5, 0.6) is 0 Å². The van der Waals surface area contributed by atoms with Crippen LogP contribution in [0.15, 0.2) is 30.3 Å². The Hall–Kier alpha value is -2.74. The van der Waals surface area contributed by atoms with Gasteiger partial charge in [-0.2, -0.15) is 5.10 Å². The number of carbonyl (C=O) groups is 2. The van der Waals surface area contributed by atoms with Gasteiger partial charge in [-0.25, -0.2) is 13.9 Å². The van der Waals surface area contributed by atoms with E-state index in [2.05, 4.69) is 10.4 Å². The lowest BCUT2D eigenvalue weighted by atomic mass is 10.1. The molecule has 1 heterocycles. The number of hydrogen-bond donors (Lipinski definition) is 3. The minimum atomic E-state index is -2.07. The van der Waals surface area contributed by atoms with Crippen LogP contribution >= 0.6 is 0 Å². The fourth-order valence-electron chi connectivity index (χ4n) is 1.85. The largest absolute Gasteiger partial charge is 0.479 e. The summed E-state index contributed by atoms with van der Waals surface area (Å²) < 4.78 is 14.4. The van der Waals surface area contributed by atoms with E-state index in [0.717, 1.165) is 6.92 Å². The molecule has 1 aromatic carbocycles. The number of amides is 1. The molecule has 3 N–H and O–H groups in total. The molecular weight excluding hydrogens is 305 g/mol. The van der Waals surface area contributed by atoms with Crippen LogP contribution < -0.4 is 5.32 Å². The van der Waals surface area contributed by atoms with Crippen LogP contribution in [0.1, 0.15) is 23.1 Å². The topological polar surface area (TPSA) is 104 Å². The third-order valence-corrected chi connectivity index (χ3v) is 3.25. The number of aliphatic hydroxyl groups is 1. The summed E-state index contributed by atoms with van der Waals surface area (Å²) in [5.74, 6) is -2.44. The highest BCUT2D eigenvalue weighted by Crippen LogP contribution is 2.13. The highest BCUT2D eigenvalue weighted by molar-refractivity contribution is 5.93. The fraction of sp³-hybridized carbons (Fsp3) is 0.267. The lowest BCUT2D eigenvalue weighted by molar-refractivity contribution is -0.155. The quantitative estimate of drug-likeness (QED) is 0.758. The van der Waals surface area contributed by atoms with E-state index in [-0.39, 0.29) is 11.5 Å². The van der Waals surface area contributed by atoms with Crippen LogP contribution in [-0.4, -0.2) is 44.0 Å². The van der Waals surface area contributed by atoms with Gasteiger partial charge in [0.25, 0.3) is 5.91 Å². The number of rotatable bonds is 5. The molecular formula is C15H16FN3O4. The Labute approximate surface area is 131 Å². The van der Waals surface area contributed by atoms with Crippen LogP contribution in [0.3, 0.4) is 0 Å². The number of carboxylic acids is 1. The molecule has 0 aliphatic heterocycles. The molecule has 122 valence electrons. The van der Waals surface area contributed by atoms with E-state index in [1.165, 1.54) is 35.0 Å². The van der Waals surface area contributed by atoms with Crippen molar-refractivity contribution >= 4 is 11.9 Å². The van der Waals surface area contributed by atoms with Gasteiger partial charge >= 0.3 is 5.97 Å². The summed E-state index contributed by atoms with van der Waals surface area (Å²) in [4.78, 5) is 22.8. The summed E-state index contributed by atoms with van der Waals surface area (Å²) in [5, 5.41) is 24.8. The molecule has 0 fully saturated rings. The van der Waals surface area contributed by atoms with Gasteiger partial charge in [-0.3, -0.25) is 4.79 Å². The van der Waals surface area contributed by atoms with Crippen molar-refractivity contribution in [3.8, 4) is 5.69 Å². The molecule has 7 nitrogen and oxygen atoms in total. The molecule has 1 atom stereocenters. The maximum Gasteiger partial charge on any atom is 0.337 e. The van der Waals surface area contributed by atoms with E-state index in [0.29, 0.717) is 11.4 Å². The van der Waals surface area contributed by atoms with E-state index in [4.69, 9.17) is 5.11 Å². The molecule has 8 heteroatoms. The molecule has 2 rings (SSSR count). The van der Waals surface area contributed by atoms with Crippen molar-refractivity contribution in [3.05, 3.63) is 47.5 Å². The number of carbonyl (C=O) groups excluding carboxylic acids is 1. The Bertz CT molecular complexity index is 738. The van der Waals surface area contributed by atoms with Crippen LogP contribution in [-0.2, 0) is 4.79 Å². The van der Waals surface area contributed by atoms with Crippen molar-refractivity contribution in [2.45, 2.75) is 19.4 Å². The minimum absolute atomic E-state index is 0.0630. The Balaban J connectivity index is 2.16. The molecule has 0 radical (unpaired) electrons. The second-order valence-electron chi connectivity index (χ2n) is 5.32. The van der Waals surface area contributed by atoms with Gasteiger partial charge in [-0.15, -0.1) is 0 Å². The van der Waals surface area contributed by atoms with Gasteiger partial charge in [0.2, 0.25) is 0 Å². The number of nitrogens with zero attached hydrogens (tertiary/aromatic N) is 2. The zero-order chi connectivity index (χ0) is 17.2. The number of hydrogen-bond acceptors (Lipinski definition) is 4. The van der Waals surface area contributed by atoms with Crippen molar-refractivity contribution < 1.29 is 24.2 Å². The molecule has 1 aromatic heterocycles. The molecule has 0 saturated carbocycles. The lowest BCUT2D eigenvalue weighted by Crippen LogP contribution is -2.46. The van der Waals surface area contributed by atoms with E-state index < -0.39 is 24.0 Å². The number of benzene rings is 1. The molecule has 0 bridgehead atoms. The minimum Gasteiger partial charge on any atom is -0.479 e. The fourth-order valence-corrected chi connectivity index (χ4v) is 1.85. The predicted molar refractivity (Wildman–Crippen MR) is 78.9 cm³/mol. The van der Waals surface area contributed by atoms with Gasteiger partial charge in [0.05, 0.1) is 12.2 Å². The van der Waals surface area contributed by atoms with Crippen LogP contribution in [0.25, 0.3) is 5.69 Å². The van der Waals surface area contributed by atoms with Gasteiger partial charge in [-0.05, 0) is 44.2 Å². The SMILES string of the molecule is Cc1cc(C(=O)NCC(C)(O)C(=O)O)nn1-c1ccc(F)cc1. The van der Waals surface area contributed by atoms with Crippen molar-refractivity contribution in [1.29, 1.82) is 0 Å². The third-order valence-electron chi connectivity index (χ3n) is 3.25. The number of nitrogens with one attached hydrogen (secondary N) is 1. The molecule has 1 amide bonds. The van der Waals surface area contributed by atoms with Gasteiger partial charge in [0.15, 0.2) is 11.3 Å². The Kier molecular flexibility index (Phi) is 4.46. The second kappa shape index (κ2) is 6.17. The zero-order valence-electron chi connectivity index (χ0n) is 12.6. The summed E-state index contributed by atoms with van der Waals surface area (Å²) in [7, 11) is 0. The smallest absolute Gasteiger partial charge is 0.337 e. The van der Waals surface area contributed by atoms with E-state index >= 15 is 0 Å². The number of aromatic nitrogens is 2. The van der Waals surface area contributed by atoms with Crippen LogP contribution in [0.4, 0.5) is 4.39 Å². The maximum absolute atomic E-state index is 12.9. The summed E-state index contributed by atoms with van der Waals surface area (Å²) in [6, 6.07) is 7.10. The summed E-state index contributed by atoms with van der Waals surface area (Å²) in [6.07, 6.45) is 0. The molecule has 0 aliphatic rings. The monoisotopic (exact) mass is 321 g/mol. The van der Waals surface area contributed by atoms with Crippen molar-refractivity contribution in [3.63, 3.8) is 0 Å². The van der Waals surface area contributed by atoms with Crippen molar-refractivity contribution in [2.75, 3.05) is 6.54 Å². The first-order valence-electron chi connectivity index (χ1n) is 6.77. The zero-order valence-corrected chi connectivity index (χ0v) is 12.6. The van der Waals surface area contributed by atoms with Gasteiger partial charge in [0.1, 0.15) is 5.82 Å². The Morgan fingerprint density at radius 1 is 1.35 bits per heavy atom. The number of halogens is 1. The maximum atomic E-state index is 12.9. The highest BCUT2D eigenvalue weighted by Gasteiger charge is 2.30. The van der Waals surface area contributed by atoms with E-state index in [9.17, 15) is 19.1 Å². The normalized spacial score (nSPS) is 13.4. The number of carboxylic acid groups (broad SMARTS) is 1. The molecule has 0 saturated heterocycles. The Morgan fingerprint density at radius 2 is 1.96 bits per heavy atom. The summed E-state index contributed by atoms with van der Waals surface area (Å²) >= 11 is 0. The standard InChI is InChI=1S/C15H16FN3O4/c1-9-7-12(13(20)17-8-15(2,23)14(21)22)18-19(9)11-5-3-10(16)4-6-11/h3-7,23H,8H2,1-2H3,(H,17,20)(H,21,22). The van der Waals surface area contributed by atoms with Gasteiger partial charge in [-0.1, -0.05) is 0 Å². The first kappa shape index (κ1) is 16.6. The molecule has 23 heavy (non-hydrogen) atoms. The van der Waals surface area contributed by atoms with Crippen LogP contribution in [0.2, 0.25) is 0 Å². The second-order valence-corrected chi connectivity index (χ2v) is 5.32. The van der Waals surface area contributed by atoms with Crippen molar-refractivity contribution in [1.82, 2.24) is 15.1 Å². The average molecular weight is 321 g/mol. The van der Waals surface area contributed by atoms with E-state index in [1.54, 1.807) is 6.92 Å². The average Bonchev–Trinajstić information content (AvgIpc) is 2.87. The molecule has 1 unspecified atom stereocenters. The van der Waals surface area contributed by atoms with E-state index in [1.807, 2.05) is 0 Å². The number of aliphatic carboxylic acids is 1. The van der Waals surface area contributed by atoms with Crippen LogP contribution in [0, 0.1) is 12.7 Å². The summed E-state index contributed by atoms with van der Waals surface area (Å²) in [6.45, 7) is 2.35. The van der Waals surface area contributed by atoms with Gasteiger partial charge < -0.3 is 15.5 Å². The molecule has 0 spiro atoms. The third kappa shape index (κ3) is 3.72. The lowest BCUT2D eigenvalue weighted by Gasteiger charge is -2.17. The molecule has 2 aromatic rings. The molecule has 0 aliphatic carbocycles. The Morgan fingerprint density at radius 3 is 2.52 bits per heavy atom. The predicted octanol–water partition coefficient (Wildman–Crippen LogP) is 0.885. The van der Waals surface area contributed by atoms with Gasteiger partial charge in [0, 0.05) is 5.69 Å². The van der Waals surface area contributed by atoms with Crippen molar-refractivity contribution in [2.24, 2.45) is 0 Å². The highest BCUT2D eigenvalue weighted by atomic mass is 19.1. The first-order chi connectivity index (χ1) is 10.7. The number of aryl methyl sites for hydroxylation is 1. The summed E-state index contributed by atoms with van der Waals surface area (Å²) in [5.41, 5.74) is -0.773.